The number of rotatable bonds is 2. The van der Waals surface area contributed by atoms with Crippen molar-refractivity contribution in [3.05, 3.63) is 58.9 Å². The number of nitrogens with one attached hydrogen (secondary N) is 1. The minimum atomic E-state index is 0.990. The van der Waals surface area contributed by atoms with Crippen molar-refractivity contribution in [3.8, 4) is 0 Å². The van der Waals surface area contributed by atoms with Gasteiger partial charge in [0.2, 0.25) is 0 Å². The van der Waals surface area contributed by atoms with Gasteiger partial charge >= 0.3 is 0 Å². The summed E-state index contributed by atoms with van der Waals surface area (Å²) < 4.78 is 2.44. The summed E-state index contributed by atoms with van der Waals surface area (Å²) in [6.07, 6.45) is 1.16. The molecule has 1 aliphatic heterocycles. The number of aromatic nitrogens is 1. The lowest BCUT2D eigenvalue weighted by Crippen LogP contribution is -2.25. The fourth-order valence-corrected chi connectivity index (χ4v) is 2.64. The second-order valence-electron chi connectivity index (χ2n) is 4.76. The molecule has 0 radical (unpaired) electrons. The molecule has 0 atom stereocenters. The summed E-state index contributed by atoms with van der Waals surface area (Å²) in [6, 6.07) is 13.0. The van der Waals surface area contributed by atoms with Crippen LogP contribution in [0.25, 0.3) is 0 Å². The van der Waals surface area contributed by atoms with Gasteiger partial charge in [-0.25, -0.2) is 0 Å². The van der Waals surface area contributed by atoms with Crippen LogP contribution in [0.2, 0.25) is 0 Å². The fourth-order valence-electron chi connectivity index (χ4n) is 2.64. The van der Waals surface area contributed by atoms with E-state index in [4.69, 9.17) is 0 Å². The molecule has 0 spiro atoms. The lowest BCUT2D eigenvalue weighted by molar-refractivity contribution is 0.593. The van der Waals surface area contributed by atoms with E-state index in [0.717, 1.165) is 26.1 Å². The van der Waals surface area contributed by atoms with Gasteiger partial charge in [0.25, 0.3) is 0 Å². The zero-order valence-electron chi connectivity index (χ0n) is 10.2. The van der Waals surface area contributed by atoms with E-state index < -0.39 is 0 Å². The molecule has 0 saturated heterocycles. The summed E-state index contributed by atoms with van der Waals surface area (Å²) in [6.45, 7) is 5.32. The number of nitrogens with zero attached hydrogens (tertiary/aromatic N) is 1. The van der Waals surface area contributed by atoms with Gasteiger partial charge in [0.05, 0.1) is 0 Å². The van der Waals surface area contributed by atoms with Crippen molar-refractivity contribution >= 4 is 0 Å². The average molecular weight is 226 g/mol. The summed E-state index contributed by atoms with van der Waals surface area (Å²) in [5, 5.41) is 3.46. The van der Waals surface area contributed by atoms with E-state index in [-0.39, 0.29) is 0 Å². The van der Waals surface area contributed by atoms with Gasteiger partial charge in [-0.3, -0.25) is 0 Å². The van der Waals surface area contributed by atoms with Crippen LogP contribution in [0.5, 0.6) is 0 Å². The van der Waals surface area contributed by atoms with Crippen molar-refractivity contribution < 1.29 is 0 Å². The minimum Gasteiger partial charge on any atom is -0.343 e. The molecule has 2 heterocycles. The van der Waals surface area contributed by atoms with Gasteiger partial charge in [-0.15, -0.1) is 0 Å². The van der Waals surface area contributed by atoms with E-state index in [1.165, 1.54) is 22.5 Å². The third-order valence-corrected chi connectivity index (χ3v) is 3.55. The number of hydrogen-bond donors (Lipinski definition) is 1. The minimum absolute atomic E-state index is 0.990. The first-order valence-corrected chi connectivity index (χ1v) is 6.27. The van der Waals surface area contributed by atoms with E-state index in [1.54, 1.807) is 0 Å². The van der Waals surface area contributed by atoms with Gasteiger partial charge in [-0.1, -0.05) is 30.3 Å². The maximum absolute atomic E-state index is 3.46. The van der Waals surface area contributed by atoms with E-state index in [2.05, 4.69) is 53.2 Å². The molecule has 1 N–H and O–H groups in total. The Kier molecular flexibility index (Phi) is 2.73. The Morgan fingerprint density at radius 1 is 1.24 bits per heavy atom. The number of fused-ring (bicyclic) bond motifs is 1. The summed E-state index contributed by atoms with van der Waals surface area (Å²) in [5.74, 6) is 0. The molecule has 0 amide bonds. The Labute approximate surface area is 102 Å². The lowest BCUT2D eigenvalue weighted by Gasteiger charge is -2.17. The predicted molar refractivity (Wildman–Crippen MR) is 70.1 cm³/mol. The van der Waals surface area contributed by atoms with Gasteiger partial charge in [0, 0.05) is 24.5 Å². The third kappa shape index (κ3) is 2.01. The molecule has 3 rings (SSSR count). The smallest absolute Gasteiger partial charge is 0.0476 e. The van der Waals surface area contributed by atoms with E-state index in [9.17, 15) is 0 Å². The van der Waals surface area contributed by atoms with Crippen LogP contribution in [0.15, 0.2) is 36.4 Å². The fraction of sp³-hybridized carbons (Fsp3) is 0.333. The van der Waals surface area contributed by atoms with Crippen molar-refractivity contribution in [2.24, 2.45) is 0 Å². The first kappa shape index (κ1) is 10.6. The topological polar surface area (TPSA) is 17.0 Å². The Balaban J connectivity index is 1.95. The molecule has 0 bridgehead atoms. The lowest BCUT2D eigenvalue weighted by atomic mass is 10.1. The van der Waals surface area contributed by atoms with Gasteiger partial charge in [-0.05, 0) is 37.1 Å². The average Bonchev–Trinajstić information content (AvgIpc) is 2.68. The van der Waals surface area contributed by atoms with Crippen LogP contribution in [-0.2, 0) is 19.5 Å². The highest BCUT2D eigenvalue weighted by atomic mass is 15.0. The summed E-state index contributed by atoms with van der Waals surface area (Å²) in [7, 11) is 0. The van der Waals surface area contributed by atoms with Gasteiger partial charge in [-0.2, -0.15) is 0 Å². The highest BCUT2D eigenvalue weighted by molar-refractivity contribution is 5.31. The standard InChI is InChI=1S/C15H18N2/c1-12-9-14-7-8-16-10-15(14)17(12)11-13-5-3-2-4-6-13/h2-6,9,16H,7-8,10-11H2,1H3. The van der Waals surface area contributed by atoms with Crippen LogP contribution in [0.3, 0.4) is 0 Å². The molecule has 1 aliphatic rings. The Morgan fingerprint density at radius 3 is 2.88 bits per heavy atom. The van der Waals surface area contributed by atoms with Crippen molar-refractivity contribution in [2.75, 3.05) is 6.54 Å². The molecule has 2 aromatic rings. The molecule has 2 heteroatoms. The SMILES string of the molecule is Cc1cc2c(n1Cc1ccccc1)CNCC2. The molecular weight excluding hydrogens is 208 g/mol. The van der Waals surface area contributed by atoms with Crippen LogP contribution < -0.4 is 5.32 Å². The Hall–Kier alpha value is -1.54. The zero-order valence-corrected chi connectivity index (χ0v) is 10.2. The maximum atomic E-state index is 3.46. The first-order chi connectivity index (χ1) is 8.34. The summed E-state index contributed by atoms with van der Waals surface area (Å²) >= 11 is 0. The third-order valence-electron chi connectivity index (χ3n) is 3.55. The summed E-state index contributed by atoms with van der Waals surface area (Å²) in [4.78, 5) is 0. The van der Waals surface area contributed by atoms with Crippen LogP contribution >= 0.6 is 0 Å². The second kappa shape index (κ2) is 4.38. The van der Waals surface area contributed by atoms with Gasteiger partial charge in [0.15, 0.2) is 0 Å². The van der Waals surface area contributed by atoms with Crippen LogP contribution in [0, 0.1) is 6.92 Å². The highest BCUT2D eigenvalue weighted by Crippen LogP contribution is 2.20. The number of hydrogen-bond acceptors (Lipinski definition) is 1. The molecule has 2 nitrogen and oxygen atoms in total. The van der Waals surface area contributed by atoms with E-state index >= 15 is 0 Å². The normalized spacial score (nSPS) is 14.6. The molecule has 1 aromatic heterocycles. The zero-order chi connectivity index (χ0) is 11.7. The maximum Gasteiger partial charge on any atom is 0.0476 e. The molecule has 0 saturated carbocycles. The number of benzene rings is 1. The van der Waals surface area contributed by atoms with Crippen molar-refractivity contribution in [2.45, 2.75) is 26.4 Å². The second-order valence-corrected chi connectivity index (χ2v) is 4.76. The van der Waals surface area contributed by atoms with Crippen LogP contribution in [0.4, 0.5) is 0 Å². The van der Waals surface area contributed by atoms with Crippen molar-refractivity contribution in [1.29, 1.82) is 0 Å². The molecular formula is C15H18N2. The molecule has 88 valence electrons. The molecule has 17 heavy (non-hydrogen) atoms. The molecule has 0 unspecified atom stereocenters. The van der Waals surface area contributed by atoms with Gasteiger partial charge in [0.1, 0.15) is 0 Å². The Morgan fingerprint density at radius 2 is 2.06 bits per heavy atom. The summed E-state index contributed by atoms with van der Waals surface area (Å²) in [5.41, 5.74) is 5.75. The van der Waals surface area contributed by atoms with Crippen LogP contribution in [-0.4, -0.2) is 11.1 Å². The monoisotopic (exact) mass is 226 g/mol. The largest absolute Gasteiger partial charge is 0.343 e. The van der Waals surface area contributed by atoms with E-state index in [0.29, 0.717) is 0 Å². The number of aryl methyl sites for hydroxylation is 1. The van der Waals surface area contributed by atoms with Gasteiger partial charge < -0.3 is 9.88 Å². The van der Waals surface area contributed by atoms with Crippen molar-refractivity contribution in [3.63, 3.8) is 0 Å². The predicted octanol–water partition coefficient (Wildman–Crippen LogP) is 2.49. The van der Waals surface area contributed by atoms with Crippen LogP contribution in [0.1, 0.15) is 22.5 Å². The molecule has 0 aliphatic carbocycles. The van der Waals surface area contributed by atoms with Crippen molar-refractivity contribution in [1.82, 2.24) is 9.88 Å². The molecule has 1 aromatic carbocycles. The highest BCUT2D eigenvalue weighted by Gasteiger charge is 2.15. The van der Waals surface area contributed by atoms with E-state index in [1.807, 2.05) is 0 Å². The quantitative estimate of drug-likeness (QED) is 0.832. The first-order valence-electron chi connectivity index (χ1n) is 6.27. The Bertz CT molecular complexity index is 511. The molecule has 0 fully saturated rings.